The third-order valence-electron chi connectivity index (χ3n) is 3.06. The zero-order valence-electron chi connectivity index (χ0n) is 9.71. The Bertz CT molecular complexity index is 203. The topological polar surface area (TPSA) is 32.3 Å². The van der Waals surface area contributed by atoms with Crippen molar-refractivity contribution < 1.29 is 4.79 Å². The summed E-state index contributed by atoms with van der Waals surface area (Å²) in [4.78, 5) is 13.5. The molecule has 82 valence electrons. The maximum atomic E-state index is 11.6. The number of carbonyl (C=O) groups excluding carboxylic acids is 1. The number of hydrogen-bond acceptors (Lipinski definition) is 2. The summed E-state index contributed by atoms with van der Waals surface area (Å²) in [6, 6.07) is 0. The number of amides is 1. The Morgan fingerprint density at radius 1 is 1.50 bits per heavy atom. The van der Waals surface area contributed by atoms with Gasteiger partial charge in [0.1, 0.15) is 0 Å². The van der Waals surface area contributed by atoms with Gasteiger partial charge in [-0.3, -0.25) is 4.79 Å². The van der Waals surface area contributed by atoms with Crippen LogP contribution in [0.3, 0.4) is 0 Å². The summed E-state index contributed by atoms with van der Waals surface area (Å²) >= 11 is 0. The van der Waals surface area contributed by atoms with Crippen molar-refractivity contribution in [3.05, 3.63) is 0 Å². The van der Waals surface area contributed by atoms with E-state index >= 15 is 0 Å². The van der Waals surface area contributed by atoms with Crippen molar-refractivity contribution in [2.45, 2.75) is 20.8 Å². The van der Waals surface area contributed by atoms with Crippen molar-refractivity contribution in [3.8, 4) is 0 Å². The second-order valence-corrected chi connectivity index (χ2v) is 4.77. The molecule has 2 atom stereocenters. The number of nitrogens with zero attached hydrogens (tertiary/aromatic N) is 1. The van der Waals surface area contributed by atoms with Crippen molar-refractivity contribution in [2.24, 2.45) is 17.8 Å². The first-order valence-corrected chi connectivity index (χ1v) is 5.48. The van der Waals surface area contributed by atoms with Crippen LogP contribution in [0.5, 0.6) is 0 Å². The standard InChI is InChI=1S/C11H22N2O/c1-8(2)11(14)13(4)7-10-6-12-5-9(10)3/h8-10,12H,5-7H2,1-4H3/t9-,10-/m0/s1. The maximum absolute atomic E-state index is 11.6. The highest BCUT2D eigenvalue weighted by molar-refractivity contribution is 5.77. The zero-order valence-corrected chi connectivity index (χ0v) is 9.71. The van der Waals surface area contributed by atoms with Crippen molar-refractivity contribution in [1.82, 2.24) is 10.2 Å². The van der Waals surface area contributed by atoms with Crippen LogP contribution in [0.15, 0.2) is 0 Å². The van der Waals surface area contributed by atoms with Gasteiger partial charge in [0.25, 0.3) is 0 Å². The smallest absolute Gasteiger partial charge is 0.224 e. The fourth-order valence-corrected chi connectivity index (χ4v) is 1.99. The van der Waals surface area contributed by atoms with Crippen molar-refractivity contribution in [1.29, 1.82) is 0 Å². The van der Waals surface area contributed by atoms with Gasteiger partial charge in [0.05, 0.1) is 0 Å². The van der Waals surface area contributed by atoms with Gasteiger partial charge in [0.15, 0.2) is 0 Å². The molecule has 1 fully saturated rings. The Kier molecular flexibility index (Phi) is 3.93. The van der Waals surface area contributed by atoms with Crippen LogP contribution in [0.2, 0.25) is 0 Å². The van der Waals surface area contributed by atoms with Crippen LogP contribution in [0.1, 0.15) is 20.8 Å². The predicted octanol–water partition coefficient (Wildman–Crippen LogP) is 0.956. The molecule has 0 aromatic rings. The molecule has 1 aliphatic heterocycles. The van der Waals surface area contributed by atoms with Gasteiger partial charge in [-0.2, -0.15) is 0 Å². The van der Waals surface area contributed by atoms with E-state index in [2.05, 4.69) is 12.2 Å². The lowest BCUT2D eigenvalue weighted by Gasteiger charge is -2.24. The fraction of sp³-hybridized carbons (Fsp3) is 0.909. The monoisotopic (exact) mass is 198 g/mol. The third-order valence-corrected chi connectivity index (χ3v) is 3.06. The van der Waals surface area contributed by atoms with Crippen LogP contribution in [0.4, 0.5) is 0 Å². The summed E-state index contributed by atoms with van der Waals surface area (Å²) in [5, 5.41) is 3.36. The molecule has 0 unspecified atom stereocenters. The molecule has 1 amide bonds. The quantitative estimate of drug-likeness (QED) is 0.732. The molecule has 0 aromatic heterocycles. The highest BCUT2D eigenvalue weighted by Gasteiger charge is 2.26. The molecule has 1 heterocycles. The molecular weight excluding hydrogens is 176 g/mol. The van der Waals surface area contributed by atoms with E-state index in [4.69, 9.17) is 0 Å². The Labute approximate surface area is 86.9 Å². The average molecular weight is 198 g/mol. The van der Waals surface area contributed by atoms with E-state index in [1.165, 1.54) is 0 Å². The van der Waals surface area contributed by atoms with Crippen LogP contribution >= 0.6 is 0 Å². The highest BCUT2D eigenvalue weighted by Crippen LogP contribution is 2.17. The zero-order chi connectivity index (χ0) is 10.7. The van der Waals surface area contributed by atoms with Crippen molar-refractivity contribution in [3.63, 3.8) is 0 Å². The van der Waals surface area contributed by atoms with Gasteiger partial charge in [-0.25, -0.2) is 0 Å². The molecule has 3 heteroatoms. The molecule has 1 aliphatic rings. The van der Waals surface area contributed by atoms with Gasteiger partial charge in [-0.1, -0.05) is 20.8 Å². The first-order valence-electron chi connectivity index (χ1n) is 5.48. The Morgan fingerprint density at radius 2 is 2.14 bits per heavy atom. The van der Waals surface area contributed by atoms with E-state index < -0.39 is 0 Å². The molecule has 1 saturated heterocycles. The lowest BCUT2D eigenvalue weighted by Crippen LogP contribution is -2.36. The second kappa shape index (κ2) is 4.78. The van der Waals surface area contributed by atoms with E-state index in [1.807, 2.05) is 25.8 Å². The number of rotatable bonds is 3. The number of hydrogen-bond donors (Lipinski definition) is 1. The average Bonchev–Trinajstić information content (AvgIpc) is 2.50. The van der Waals surface area contributed by atoms with Crippen molar-refractivity contribution in [2.75, 3.05) is 26.7 Å². The van der Waals surface area contributed by atoms with E-state index in [0.717, 1.165) is 19.6 Å². The summed E-state index contributed by atoms with van der Waals surface area (Å²) in [7, 11) is 1.91. The normalized spacial score (nSPS) is 26.9. The van der Waals surface area contributed by atoms with Crippen LogP contribution in [0, 0.1) is 17.8 Å². The molecular formula is C11H22N2O. The summed E-state index contributed by atoms with van der Waals surface area (Å²) in [5.41, 5.74) is 0. The SMILES string of the molecule is CC(C)C(=O)N(C)C[C@@H]1CNC[C@@H]1C. The molecule has 3 nitrogen and oxygen atoms in total. The molecule has 1 N–H and O–H groups in total. The van der Waals surface area contributed by atoms with E-state index in [0.29, 0.717) is 11.8 Å². The Balaban J connectivity index is 2.39. The minimum absolute atomic E-state index is 0.115. The molecule has 0 bridgehead atoms. The summed E-state index contributed by atoms with van der Waals surface area (Å²) in [5.74, 6) is 1.69. The molecule has 0 saturated carbocycles. The summed E-state index contributed by atoms with van der Waals surface area (Å²) < 4.78 is 0. The minimum atomic E-state index is 0.115. The molecule has 0 aliphatic carbocycles. The highest BCUT2D eigenvalue weighted by atomic mass is 16.2. The first kappa shape index (κ1) is 11.5. The van der Waals surface area contributed by atoms with E-state index in [-0.39, 0.29) is 11.8 Å². The molecule has 0 spiro atoms. The minimum Gasteiger partial charge on any atom is -0.345 e. The van der Waals surface area contributed by atoms with Gasteiger partial charge < -0.3 is 10.2 Å². The van der Waals surface area contributed by atoms with Gasteiger partial charge in [0.2, 0.25) is 5.91 Å². The van der Waals surface area contributed by atoms with Crippen LogP contribution in [-0.2, 0) is 4.79 Å². The number of carbonyl (C=O) groups is 1. The maximum Gasteiger partial charge on any atom is 0.224 e. The third kappa shape index (κ3) is 2.71. The molecule has 0 radical (unpaired) electrons. The van der Waals surface area contributed by atoms with Gasteiger partial charge in [-0.15, -0.1) is 0 Å². The second-order valence-electron chi connectivity index (χ2n) is 4.77. The number of nitrogens with one attached hydrogen (secondary N) is 1. The summed E-state index contributed by atoms with van der Waals surface area (Å²) in [6.45, 7) is 9.19. The Hall–Kier alpha value is -0.570. The summed E-state index contributed by atoms with van der Waals surface area (Å²) in [6.07, 6.45) is 0. The Morgan fingerprint density at radius 3 is 2.57 bits per heavy atom. The molecule has 1 rings (SSSR count). The van der Waals surface area contributed by atoms with Crippen LogP contribution in [-0.4, -0.2) is 37.5 Å². The van der Waals surface area contributed by atoms with Crippen molar-refractivity contribution >= 4 is 5.91 Å². The van der Waals surface area contributed by atoms with Gasteiger partial charge >= 0.3 is 0 Å². The van der Waals surface area contributed by atoms with Crippen LogP contribution < -0.4 is 5.32 Å². The fourth-order valence-electron chi connectivity index (χ4n) is 1.99. The van der Waals surface area contributed by atoms with E-state index in [9.17, 15) is 4.79 Å². The van der Waals surface area contributed by atoms with Gasteiger partial charge in [0, 0.05) is 19.5 Å². The lowest BCUT2D eigenvalue weighted by atomic mass is 9.97. The predicted molar refractivity (Wildman–Crippen MR) is 58.0 cm³/mol. The van der Waals surface area contributed by atoms with Crippen LogP contribution in [0.25, 0.3) is 0 Å². The molecule has 14 heavy (non-hydrogen) atoms. The largest absolute Gasteiger partial charge is 0.345 e. The van der Waals surface area contributed by atoms with Gasteiger partial charge in [-0.05, 0) is 24.9 Å². The van der Waals surface area contributed by atoms with E-state index in [1.54, 1.807) is 0 Å². The molecule has 0 aromatic carbocycles. The first-order chi connectivity index (χ1) is 6.52. The lowest BCUT2D eigenvalue weighted by molar-refractivity contribution is -0.133.